The topological polar surface area (TPSA) is 104 Å². The quantitative estimate of drug-likeness (QED) is 0.408. The maximum absolute atomic E-state index is 5.75. The molecule has 6 nitrogen and oxygen atoms in total. The number of nitrogen functional groups attached to an aromatic ring is 2. The maximum Gasteiger partial charge on any atom is 0.225 e. The summed E-state index contributed by atoms with van der Waals surface area (Å²) in [5, 5.41) is 0.672. The van der Waals surface area contributed by atoms with Crippen LogP contribution in [0.5, 0.6) is 0 Å². The molecule has 24 heavy (non-hydrogen) atoms. The van der Waals surface area contributed by atoms with E-state index >= 15 is 0 Å². The lowest BCUT2D eigenvalue weighted by Gasteiger charge is -1.96. The van der Waals surface area contributed by atoms with Gasteiger partial charge in [-0.15, -0.1) is 0 Å². The van der Waals surface area contributed by atoms with Crippen LogP contribution in [0.25, 0.3) is 0 Å². The van der Waals surface area contributed by atoms with Crippen LogP contribution in [0.3, 0.4) is 0 Å². The minimum Gasteiger partial charge on any atom is -0.384 e. The van der Waals surface area contributed by atoms with Crippen molar-refractivity contribution in [2.45, 2.75) is 25.7 Å². The molecular formula is C15H15Cl3N6. The second-order valence-corrected chi connectivity index (χ2v) is 6.19. The van der Waals surface area contributed by atoms with Crippen LogP contribution in [0.4, 0.5) is 11.6 Å². The van der Waals surface area contributed by atoms with Gasteiger partial charge in [-0.05, 0) is 30.4 Å². The van der Waals surface area contributed by atoms with Crippen molar-refractivity contribution in [3.8, 4) is 11.8 Å². The smallest absolute Gasteiger partial charge is 0.225 e. The summed E-state index contributed by atoms with van der Waals surface area (Å²) >= 11 is 16.5. The first-order valence-corrected chi connectivity index (χ1v) is 8.33. The normalized spacial score (nSPS) is 13.6. The zero-order valence-corrected chi connectivity index (χ0v) is 14.9. The Labute approximate surface area is 155 Å². The molecule has 2 aromatic rings. The molecule has 0 saturated heterocycles. The Morgan fingerprint density at radius 3 is 2.00 bits per heavy atom. The number of rotatable bonds is 0. The minimum atomic E-state index is 0.0694. The molecule has 0 aliphatic heterocycles. The van der Waals surface area contributed by atoms with Crippen LogP contribution in [-0.4, -0.2) is 19.9 Å². The van der Waals surface area contributed by atoms with Crippen molar-refractivity contribution in [3.63, 3.8) is 0 Å². The molecule has 9 heteroatoms. The predicted molar refractivity (Wildman–Crippen MR) is 96.8 cm³/mol. The second-order valence-electron chi connectivity index (χ2n) is 5.07. The highest BCUT2D eigenvalue weighted by Crippen LogP contribution is 2.23. The molecule has 0 atom stereocenters. The van der Waals surface area contributed by atoms with Crippen LogP contribution in [0.2, 0.25) is 15.6 Å². The van der Waals surface area contributed by atoms with Gasteiger partial charge in [0.1, 0.15) is 21.9 Å². The van der Waals surface area contributed by atoms with E-state index in [4.69, 9.17) is 46.3 Å². The van der Waals surface area contributed by atoms with E-state index in [1.807, 2.05) is 0 Å². The molecule has 0 radical (unpaired) electrons. The van der Waals surface area contributed by atoms with E-state index in [1.54, 1.807) is 0 Å². The number of nitrogens with two attached hydrogens (primary N) is 2. The van der Waals surface area contributed by atoms with Crippen molar-refractivity contribution in [2.24, 2.45) is 5.92 Å². The van der Waals surface area contributed by atoms with Crippen LogP contribution in [0.1, 0.15) is 31.5 Å². The molecule has 1 aliphatic carbocycles. The third kappa shape index (κ3) is 6.36. The predicted octanol–water partition coefficient (Wildman–Crippen LogP) is 3.62. The van der Waals surface area contributed by atoms with Crippen LogP contribution >= 0.6 is 34.8 Å². The average Bonchev–Trinajstić information content (AvgIpc) is 2.96. The van der Waals surface area contributed by atoms with E-state index in [1.165, 1.54) is 37.8 Å². The first-order chi connectivity index (χ1) is 11.4. The van der Waals surface area contributed by atoms with E-state index in [0.717, 1.165) is 0 Å². The molecule has 0 spiro atoms. The first kappa shape index (κ1) is 18.5. The SMILES string of the molecule is Nc1cc(Cl)nc(C#CC2CCCC2)n1.Nc1cc(Cl)nc(Cl)n1. The third-order valence-electron chi connectivity index (χ3n) is 3.15. The summed E-state index contributed by atoms with van der Waals surface area (Å²) in [6.07, 6.45) is 4.92. The van der Waals surface area contributed by atoms with Gasteiger partial charge in [0.2, 0.25) is 11.1 Å². The lowest BCUT2D eigenvalue weighted by Crippen LogP contribution is -1.96. The summed E-state index contributed by atoms with van der Waals surface area (Å²) in [4.78, 5) is 15.2. The van der Waals surface area contributed by atoms with Crippen LogP contribution in [0, 0.1) is 17.8 Å². The number of aromatic nitrogens is 4. The van der Waals surface area contributed by atoms with Gasteiger partial charge in [-0.2, -0.15) is 0 Å². The standard InChI is InChI=1S/C11H12ClN3.C4H3Cl2N3/c12-9-7-10(13)15-11(14-9)6-5-8-3-1-2-4-8;5-2-1-3(7)9-4(6)8-2/h7-8H,1-4H2,(H2,13,14,15);1H,(H2,7,8,9). The molecule has 0 bridgehead atoms. The van der Waals surface area contributed by atoms with Crippen LogP contribution in [0.15, 0.2) is 12.1 Å². The van der Waals surface area contributed by atoms with Crippen molar-refractivity contribution in [1.29, 1.82) is 0 Å². The fourth-order valence-electron chi connectivity index (χ4n) is 2.13. The van der Waals surface area contributed by atoms with E-state index in [-0.39, 0.29) is 16.3 Å². The van der Waals surface area contributed by atoms with Crippen molar-refractivity contribution < 1.29 is 0 Å². The zero-order valence-electron chi connectivity index (χ0n) is 12.6. The van der Waals surface area contributed by atoms with Crippen LogP contribution < -0.4 is 11.5 Å². The van der Waals surface area contributed by atoms with Gasteiger partial charge in [0, 0.05) is 18.1 Å². The van der Waals surface area contributed by atoms with Gasteiger partial charge >= 0.3 is 0 Å². The molecule has 0 amide bonds. The number of halogens is 3. The third-order valence-corrected chi connectivity index (χ3v) is 3.70. The van der Waals surface area contributed by atoms with Crippen molar-refractivity contribution >= 4 is 46.4 Å². The Bertz CT molecular complexity index is 695. The molecule has 1 aliphatic rings. The van der Waals surface area contributed by atoms with E-state index in [2.05, 4.69) is 31.8 Å². The molecule has 0 aromatic carbocycles. The Balaban J connectivity index is 0.000000198. The zero-order chi connectivity index (χ0) is 17.5. The summed E-state index contributed by atoms with van der Waals surface area (Å²) in [6, 6.07) is 2.94. The summed E-state index contributed by atoms with van der Waals surface area (Å²) in [5.74, 6) is 7.66. The molecule has 126 valence electrons. The molecule has 1 fully saturated rings. The largest absolute Gasteiger partial charge is 0.384 e. The molecular weight excluding hydrogens is 371 g/mol. The van der Waals surface area contributed by atoms with Crippen molar-refractivity contribution in [3.05, 3.63) is 33.5 Å². The van der Waals surface area contributed by atoms with E-state index < -0.39 is 0 Å². The van der Waals surface area contributed by atoms with Gasteiger partial charge in [0.15, 0.2) is 0 Å². The summed E-state index contributed by atoms with van der Waals surface area (Å²) in [5.41, 5.74) is 10.8. The monoisotopic (exact) mass is 384 g/mol. The Morgan fingerprint density at radius 2 is 1.46 bits per heavy atom. The number of hydrogen-bond donors (Lipinski definition) is 2. The van der Waals surface area contributed by atoms with Crippen molar-refractivity contribution in [2.75, 3.05) is 11.5 Å². The van der Waals surface area contributed by atoms with Gasteiger partial charge in [0.05, 0.1) is 0 Å². The van der Waals surface area contributed by atoms with Gasteiger partial charge in [-0.3, -0.25) is 0 Å². The summed E-state index contributed by atoms with van der Waals surface area (Å²) in [6.45, 7) is 0. The molecule has 2 heterocycles. The van der Waals surface area contributed by atoms with Crippen molar-refractivity contribution in [1.82, 2.24) is 19.9 Å². The molecule has 2 aromatic heterocycles. The van der Waals surface area contributed by atoms with Gasteiger partial charge in [0.25, 0.3) is 0 Å². The number of anilines is 2. The number of hydrogen-bond acceptors (Lipinski definition) is 6. The fraction of sp³-hybridized carbons (Fsp3) is 0.333. The maximum atomic E-state index is 5.75. The van der Waals surface area contributed by atoms with Crippen LogP contribution in [-0.2, 0) is 0 Å². The van der Waals surface area contributed by atoms with Gasteiger partial charge < -0.3 is 11.5 Å². The highest BCUT2D eigenvalue weighted by atomic mass is 35.5. The Hall–Kier alpha value is -1.81. The Morgan fingerprint density at radius 1 is 0.875 bits per heavy atom. The fourth-order valence-corrected chi connectivity index (χ4v) is 2.75. The Kier molecular flexibility index (Phi) is 6.85. The lowest BCUT2D eigenvalue weighted by atomic mass is 10.1. The minimum absolute atomic E-state index is 0.0694. The number of nitrogens with zero attached hydrogens (tertiary/aromatic N) is 4. The van der Waals surface area contributed by atoms with E-state index in [0.29, 0.717) is 22.7 Å². The molecule has 3 rings (SSSR count). The highest BCUT2D eigenvalue weighted by molar-refractivity contribution is 6.32. The van der Waals surface area contributed by atoms with Gasteiger partial charge in [-0.25, -0.2) is 19.9 Å². The van der Waals surface area contributed by atoms with E-state index in [9.17, 15) is 0 Å². The summed E-state index contributed by atoms with van der Waals surface area (Å²) < 4.78 is 0. The first-order valence-electron chi connectivity index (χ1n) is 7.19. The second kappa shape index (κ2) is 8.88. The highest BCUT2D eigenvalue weighted by Gasteiger charge is 2.11. The lowest BCUT2D eigenvalue weighted by molar-refractivity contribution is 0.711. The molecule has 1 saturated carbocycles. The summed E-state index contributed by atoms with van der Waals surface area (Å²) in [7, 11) is 0. The average molecular weight is 386 g/mol. The molecule has 4 N–H and O–H groups in total. The van der Waals surface area contributed by atoms with Gasteiger partial charge in [-0.1, -0.05) is 42.0 Å². The molecule has 0 unspecified atom stereocenters.